The van der Waals surface area contributed by atoms with Crippen molar-refractivity contribution in [3.8, 4) is 11.5 Å². The highest BCUT2D eigenvalue weighted by molar-refractivity contribution is 8.13. The number of benzene rings is 5. The van der Waals surface area contributed by atoms with Crippen molar-refractivity contribution in [2.24, 2.45) is 0 Å². The summed E-state index contributed by atoms with van der Waals surface area (Å²) in [4.78, 5) is 74.4. The highest BCUT2D eigenvalue weighted by Crippen LogP contribution is 2.36. The van der Waals surface area contributed by atoms with Crippen molar-refractivity contribution in [1.82, 2.24) is 14.7 Å². The Kier molecular flexibility index (Phi) is 21.5. The summed E-state index contributed by atoms with van der Waals surface area (Å²) >= 11 is 19.9. The number of phenolic OH excluding ortho intramolecular Hbond substituents is 1. The van der Waals surface area contributed by atoms with E-state index in [0.717, 1.165) is 17.3 Å². The molecule has 11 nitrogen and oxygen atoms in total. The predicted octanol–water partition coefficient (Wildman–Crippen LogP) is 12.1. The van der Waals surface area contributed by atoms with Crippen molar-refractivity contribution in [2.45, 2.75) is 80.9 Å². The second-order valence-corrected chi connectivity index (χ2v) is 20.9. The number of ketones is 5. The van der Waals surface area contributed by atoms with Crippen molar-refractivity contribution < 1.29 is 60.6 Å². The Morgan fingerprint density at radius 2 is 0.895 bits per heavy atom. The van der Waals surface area contributed by atoms with Crippen molar-refractivity contribution >= 4 is 104 Å². The van der Waals surface area contributed by atoms with E-state index in [9.17, 15) is 55.8 Å². The second kappa shape index (κ2) is 26.8. The van der Waals surface area contributed by atoms with E-state index in [1.165, 1.54) is 59.5 Å². The Balaban J connectivity index is 0.000000172. The number of phenols is 1. The Bertz CT molecular complexity index is 2910. The number of aryl methyl sites for hydroxylation is 1. The molecular formula is C55H53ClF5N3O8S4. The number of ether oxygens (including phenoxy) is 1. The van der Waals surface area contributed by atoms with Gasteiger partial charge in [0.05, 0.1) is 11.1 Å². The van der Waals surface area contributed by atoms with Crippen LogP contribution in [-0.4, -0.2) is 106 Å². The maximum Gasteiger partial charge on any atom is 0.285 e. The monoisotopic (exact) mass is 1140 g/mol. The zero-order chi connectivity index (χ0) is 56.5. The van der Waals surface area contributed by atoms with Crippen LogP contribution in [0.15, 0.2) is 70.5 Å². The minimum absolute atomic E-state index is 0.00880. The molecule has 0 spiro atoms. The molecule has 5 aromatic rings. The summed E-state index contributed by atoms with van der Waals surface area (Å²) in [5.74, 6) is -1.61. The van der Waals surface area contributed by atoms with E-state index in [4.69, 9.17) is 28.6 Å². The van der Waals surface area contributed by atoms with E-state index in [-0.39, 0.29) is 73.9 Å². The maximum atomic E-state index is 13.5. The van der Waals surface area contributed by atoms with E-state index in [2.05, 4.69) is 24.8 Å². The number of carbonyl (C=O) groups is 6. The van der Waals surface area contributed by atoms with Gasteiger partial charge in [-0.25, -0.2) is 22.0 Å². The molecule has 0 unspecified atom stereocenters. The highest BCUT2D eigenvalue weighted by Gasteiger charge is 2.30. The Morgan fingerprint density at radius 1 is 0.526 bits per heavy atom. The number of carbonyl (C=O) groups excluding carboxylic acids is 6. The molecule has 0 radical (unpaired) electrons. The predicted molar refractivity (Wildman–Crippen MR) is 293 cm³/mol. The highest BCUT2D eigenvalue weighted by atomic mass is 35.5. The van der Waals surface area contributed by atoms with E-state index in [1.54, 1.807) is 58.2 Å². The number of amides is 1. The van der Waals surface area contributed by atoms with Crippen LogP contribution in [0.4, 0.5) is 26.7 Å². The van der Waals surface area contributed by atoms with Crippen LogP contribution in [0.3, 0.4) is 0 Å². The molecule has 0 fully saturated rings. The smallest absolute Gasteiger partial charge is 0.285 e. The molecule has 0 aromatic heterocycles. The first-order chi connectivity index (χ1) is 35.7. The molecule has 1 N–H and O–H groups in total. The normalized spacial score (nSPS) is 13.8. The largest absolute Gasteiger partial charge is 0.507 e. The Hall–Kier alpha value is -6.06. The van der Waals surface area contributed by atoms with Crippen molar-refractivity contribution in [2.75, 3.05) is 42.3 Å². The molecule has 0 heterocycles. The molecular weight excluding hydrogens is 1090 g/mol. The molecule has 0 saturated heterocycles. The summed E-state index contributed by atoms with van der Waals surface area (Å²) in [6.07, 6.45) is 4.24. The number of thiol groups is 1. The van der Waals surface area contributed by atoms with Gasteiger partial charge in [0.15, 0.2) is 33.4 Å². The molecule has 21 heteroatoms. The molecule has 0 atom stereocenters. The number of hydrogen-bond donors (Lipinski definition) is 2. The van der Waals surface area contributed by atoms with Crippen LogP contribution in [0, 0.1) is 36.0 Å². The van der Waals surface area contributed by atoms with E-state index < -0.39 is 5.82 Å². The minimum Gasteiger partial charge on any atom is -0.507 e. The van der Waals surface area contributed by atoms with Gasteiger partial charge in [0.25, 0.3) is 10.4 Å². The lowest BCUT2D eigenvalue weighted by Crippen LogP contribution is -2.25. The van der Waals surface area contributed by atoms with Gasteiger partial charge < -0.3 is 24.5 Å². The van der Waals surface area contributed by atoms with Crippen LogP contribution in [0.25, 0.3) is 0 Å². The lowest BCUT2D eigenvalue weighted by atomic mass is 10.0. The summed E-state index contributed by atoms with van der Waals surface area (Å²) < 4.78 is 71.9. The van der Waals surface area contributed by atoms with Crippen LogP contribution in [0.5, 0.6) is 11.5 Å². The van der Waals surface area contributed by atoms with Crippen LogP contribution in [-0.2, 0) is 32.1 Å². The number of halogens is 6. The Morgan fingerprint density at radius 3 is 1.34 bits per heavy atom. The average molecular weight is 1140 g/mol. The number of nitrogens with zero attached hydrogens (tertiary/aromatic N) is 3. The van der Waals surface area contributed by atoms with Gasteiger partial charge in [-0.1, -0.05) is 17.7 Å². The number of aromatic hydroxyl groups is 1. The van der Waals surface area contributed by atoms with Crippen LogP contribution < -0.4 is 4.74 Å². The fraction of sp³-hybridized carbons (Fsp3) is 0.309. The molecule has 76 heavy (non-hydrogen) atoms. The van der Waals surface area contributed by atoms with Gasteiger partial charge in [-0.2, -0.15) is 0 Å². The number of thiocarbonyl (C=S) groups is 2. The quantitative estimate of drug-likeness (QED) is 0.0433. The zero-order valence-electron chi connectivity index (χ0n) is 42.4. The minimum atomic E-state index is -0.395. The standard InChI is InChI=1S/2C12H12FNO2S.C10H9FO.C9H7FO2.C9H7FOS.C3H6ClNS/c1-14(2)12(16)17-10-6-4-8(13)7-3-5-9(15)11(7)10;1-14(2)12(17)16-10-6-4-8(13)7-3-5-9(15)11(7)10;1-6-2-4-8(11)7-3-5-9(12)10(6)7;2*10-6-2-4-8(12)9-5(6)1-3-7(9)11;1-5(2)3(4)6/h2*4,6H,3,5H2,1-2H3;2,4H,3,5H2,1H3;2*2,4,12H,1,3H2;1-2H3. The first-order valence-electron chi connectivity index (χ1n) is 23.5. The topological polar surface area (TPSA) is 142 Å². The fourth-order valence-electron chi connectivity index (χ4n) is 8.36. The summed E-state index contributed by atoms with van der Waals surface area (Å²) in [5.41, 5.74) is 5.31. The molecule has 5 aliphatic carbocycles. The third kappa shape index (κ3) is 14.7. The van der Waals surface area contributed by atoms with Gasteiger partial charge >= 0.3 is 0 Å². The second-order valence-electron chi connectivity index (χ2n) is 18.1. The third-order valence-electron chi connectivity index (χ3n) is 12.2. The van der Waals surface area contributed by atoms with Gasteiger partial charge in [0.1, 0.15) is 40.6 Å². The molecule has 0 saturated carbocycles. The molecule has 10 rings (SSSR count). The summed E-state index contributed by atoms with van der Waals surface area (Å²) in [5, 5.41) is 9.32. The SMILES string of the molecule is CN(C)C(=O)Sc1ccc(F)c2c1C(=O)CC2.CN(C)C(=S)Cl.CN(C)C(=S)Oc1ccc(F)c2c1C(=O)CC2.Cc1ccc(F)c2c1C(=O)CC2.O=C1CCc2c(F)ccc(O)c21.O=C1CCc2c(F)ccc(S)c21. The molecule has 5 aromatic carbocycles. The van der Waals surface area contributed by atoms with E-state index >= 15 is 0 Å². The lowest BCUT2D eigenvalue weighted by Gasteiger charge is -2.16. The van der Waals surface area contributed by atoms with Gasteiger partial charge in [-0.3, -0.25) is 28.8 Å². The molecule has 5 aliphatic rings. The van der Waals surface area contributed by atoms with Gasteiger partial charge in [0.2, 0.25) is 0 Å². The van der Waals surface area contributed by atoms with Crippen LogP contribution in [0.2, 0.25) is 0 Å². The summed E-state index contributed by atoms with van der Waals surface area (Å²) in [6, 6.07) is 14.0. The van der Waals surface area contributed by atoms with Crippen molar-refractivity contribution in [1.29, 1.82) is 0 Å². The van der Waals surface area contributed by atoms with Crippen LogP contribution in [0.1, 0.15) is 117 Å². The summed E-state index contributed by atoms with van der Waals surface area (Å²) in [7, 11) is 10.4. The molecule has 0 bridgehead atoms. The maximum absolute atomic E-state index is 13.5. The van der Waals surface area contributed by atoms with Crippen molar-refractivity contribution in [3.05, 3.63) is 151 Å². The number of hydrogen-bond acceptors (Lipinski definition) is 12. The van der Waals surface area contributed by atoms with E-state index in [0.29, 0.717) is 134 Å². The van der Waals surface area contributed by atoms with Crippen molar-refractivity contribution in [3.63, 3.8) is 0 Å². The lowest BCUT2D eigenvalue weighted by molar-refractivity contribution is 0.0984. The molecule has 1 amide bonds. The van der Waals surface area contributed by atoms with Gasteiger partial charge in [-0.15, -0.1) is 12.6 Å². The number of thioether (sulfide) groups is 1. The van der Waals surface area contributed by atoms with Gasteiger partial charge in [0, 0.05) is 123 Å². The van der Waals surface area contributed by atoms with Crippen LogP contribution >= 0.6 is 60.4 Å². The number of rotatable bonds is 2. The average Bonchev–Trinajstić information content (AvgIpc) is 4.23. The Labute approximate surface area is 462 Å². The first-order valence-corrected chi connectivity index (χ1v) is 25.9. The third-order valence-corrected chi connectivity index (χ3v) is 14.9. The fourth-order valence-corrected chi connectivity index (χ4v) is 9.63. The number of Topliss-reactive ketones (excluding diaryl/α,β-unsaturated/α-hetero) is 5. The molecule has 402 valence electrons. The molecule has 0 aliphatic heterocycles. The van der Waals surface area contributed by atoms with E-state index in [1.807, 2.05) is 6.92 Å². The summed E-state index contributed by atoms with van der Waals surface area (Å²) in [6.45, 7) is 1.85. The zero-order valence-corrected chi connectivity index (χ0v) is 46.5. The first kappa shape index (κ1) is 60.8. The number of fused-ring (bicyclic) bond motifs is 5. The van der Waals surface area contributed by atoms with Gasteiger partial charge in [-0.05, 0) is 141 Å².